The number of aryl methyl sites for hydroxylation is 2. The lowest BCUT2D eigenvalue weighted by molar-refractivity contribution is -0.0283. The van der Waals surface area contributed by atoms with E-state index < -0.39 is 0 Å². The van der Waals surface area contributed by atoms with Crippen LogP contribution in [0.5, 0.6) is 0 Å². The van der Waals surface area contributed by atoms with Gasteiger partial charge in [0.2, 0.25) is 0 Å². The van der Waals surface area contributed by atoms with Crippen molar-refractivity contribution in [3.63, 3.8) is 0 Å². The quantitative estimate of drug-likeness (QED) is 0.870. The zero-order valence-corrected chi connectivity index (χ0v) is 13.4. The van der Waals surface area contributed by atoms with Crippen molar-refractivity contribution in [1.29, 1.82) is 0 Å². The number of nitrogens with zero attached hydrogens (tertiary/aromatic N) is 2. The van der Waals surface area contributed by atoms with E-state index in [1.54, 1.807) is 0 Å². The lowest BCUT2D eigenvalue weighted by Crippen LogP contribution is -2.33. The predicted molar refractivity (Wildman–Crippen MR) is 81.7 cm³/mol. The van der Waals surface area contributed by atoms with Crippen LogP contribution in [0.2, 0.25) is 0 Å². The molecule has 1 N–H and O–H groups in total. The van der Waals surface area contributed by atoms with Crippen molar-refractivity contribution >= 4 is 0 Å². The zero-order valence-electron chi connectivity index (χ0n) is 13.4. The van der Waals surface area contributed by atoms with Crippen molar-refractivity contribution in [1.82, 2.24) is 15.1 Å². The lowest BCUT2D eigenvalue weighted by Gasteiger charge is -2.32. The van der Waals surface area contributed by atoms with Crippen molar-refractivity contribution in [2.24, 2.45) is 18.9 Å². The van der Waals surface area contributed by atoms with Crippen LogP contribution < -0.4 is 5.32 Å². The van der Waals surface area contributed by atoms with E-state index in [1.165, 1.54) is 24.1 Å². The molecule has 1 fully saturated rings. The van der Waals surface area contributed by atoms with Gasteiger partial charge in [-0.3, -0.25) is 4.68 Å². The Bertz CT molecular complexity index is 414. The highest BCUT2D eigenvalue weighted by molar-refractivity contribution is 5.21. The second-order valence-corrected chi connectivity index (χ2v) is 6.30. The first-order chi connectivity index (χ1) is 9.61. The molecule has 0 aliphatic carbocycles. The van der Waals surface area contributed by atoms with E-state index in [0.29, 0.717) is 11.8 Å². The van der Waals surface area contributed by atoms with E-state index in [0.717, 1.165) is 26.1 Å². The van der Waals surface area contributed by atoms with Crippen molar-refractivity contribution < 1.29 is 4.74 Å². The van der Waals surface area contributed by atoms with Gasteiger partial charge in [-0.2, -0.15) is 5.10 Å². The topological polar surface area (TPSA) is 39.1 Å². The number of nitrogens with one attached hydrogen (secondary N) is 1. The molecule has 0 spiro atoms. The van der Waals surface area contributed by atoms with E-state index in [9.17, 15) is 0 Å². The number of rotatable bonds is 6. The van der Waals surface area contributed by atoms with Gasteiger partial charge in [-0.15, -0.1) is 0 Å². The highest BCUT2D eigenvalue weighted by Gasteiger charge is 2.30. The largest absolute Gasteiger partial charge is 0.373 e. The molecule has 1 aliphatic heterocycles. The second-order valence-electron chi connectivity index (χ2n) is 6.30. The van der Waals surface area contributed by atoms with Crippen molar-refractivity contribution in [2.45, 2.75) is 46.1 Å². The minimum Gasteiger partial charge on any atom is -0.373 e. The summed E-state index contributed by atoms with van der Waals surface area (Å²) < 4.78 is 8.02. The third-order valence-electron chi connectivity index (χ3n) is 3.98. The van der Waals surface area contributed by atoms with Gasteiger partial charge in [0.25, 0.3) is 0 Å². The molecule has 2 atom stereocenters. The third-order valence-corrected chi connectivity index (χ3v) is 3.98. The first kappa shape index (κ1) is 15.5. The van der Waals surface area contributed by atoms with Gasteiger partial charge in [0.15, 0.2) is 0 Å². The van der Waals surface area contributed by atoms with Crippen LogP contribution >= 0.6 is 0 Å². The SMILES string of the molecule is CCc1nn(C)cc1C1OCCCC1CNCC(C)C. The van der Waals surface area contributed by atoms with Crippen LogP contribution in [0.4, 0.5) is 0 Å². The first-order valence-corrected chi connectivity index (χ1v) is 7.96. The molecule has 114 valence electrons. The van der Waals surface area contributed by atoms with Crippen molar-refractivity contribution in [3.05, 3.63) is 17.5 Å². The van der Waals surface area contributed by atoms with E-state index in [4.69, 9.17) is 4.74 Å². The molecule has 1 aliphatic rings. The molecule has 4 heteroatoms. The van der Waals surface area contributed by atoms with Gasteiger partial charge in [-0.25, -0.2) is 0 Å². The van der Waals surface area contributed by atoms with E-state index in [1.807, 2.05) is 11.7 Å². The molecule has 2 rings (SSSR count). The Labute approximate surface area is 122 Å². The van der Waals surface area contributed by atoms with Gasteiger partial charge in [0, 0.05) is 37.9 Å². The number of hydrogen-bond acceptors (Lipinski definition) is 3. The molecule has 1 aromatic rings. The number of aromatic nitrogens is 2. The summed E-state index contributed by atoms with van der Waals surface area (Å²) in [6.07, 6.45) is 5.75. The molecule has 2 unspecified atom stereocenters. The number of hydrogen-bond donors (Lipinski definition) is 1. The Morgan fingerprint density at radius 2 is 2.30 bits per heavy atom. The van der Waals surface area contributed by atoms with Gasteiger partial charge in [0.1, 0.15) is 0 Å². The molecular formula is C16H29N3O. The molecule has 1 saturated heterocycles. The molecule has 1 aromatic heterocycles. The molecule has 2 heterocycles. The Kier molecular flexibility index (Phi) is 5.61. The van der Waals surface area contributed by atoms with Crippen LogP contribution in [0.15, 0.2) is 6.20 Å². The minimum absolute atomic E-state index is 0.215. The van der Waals surface area contributed by atoms with E-state index >= 15 is 0 Å². The standard InChI is InChI=1S/C16H29N3O/c1-5-15-14(11-19(4)18-15)16-13(7-6-8-20-16)10-17-9-12(2)3/h11-13,16-17H,5-10H2,1-4H3. The maximum Gasteiger partial charge on any atom is 0.0898 e. The molecule has 4 nitrogen and oxygen atoms in total. The Morgan fingerprint density at radius 3 is 3.00 bits per heavy atom. The molecule has 0 amide bonds. The van der Waals surface area contributed by atoms with Crippen LogP contribution in [0.25, 0.3) is 0 Å². The second kappa shape index (κ2) is 7.23. The van der Waals surface area contributed by atoms with Crippen LogP contribution in [-0.2, 0) is 18.2 Å². The summed E-state index contributed by atoms with van der Waals surface area (Å²) in [5, 5.41) is 8.15. The summed E-state index contributed by atoms with van der Waals surface area (Å²) in [5.74, 6) is 1.26. The Balaban J connectivity index is 2.05. The molecule has 0 saturated carbocycles. The molecule has 20 heavy (non-hydrogen) atoms. The zero-order chi connectivity index (χ0) is 14.5. The Hall–Kier alpha value is -0.870. The van der Waals surface area contributed by atoms with Gasteiger partial charge in [-0.1, -0.05) is 20.8 Å². The maximum atomic E-state index is 6.10. The maximum absolute atomic E-state index is 6.10. The minimum atomic E-state index is 0.215. The highest BCUT2D eigenvalue weighted by Crippen LogP contribution is 2.34. The summed E-state index contributed by atoms with van der Waals surface area (Å²) in [7, 11) is 2.00. The van der Waals surface area contributed by atoms with Crippen molar-refractivity contribution in [2.75, 3.05) is 19.7 Å². The van der Waals surface area contributed by atoms with Crippen LogP contribution in [0.3, 0.4) is 0 Å². The average molecular weight is 279 g/mol. The van der Waals surface area contributed by atoms with E-state index in [2.05, 4.69) is 37.4 Å². The average Bonchev–Trinajstić information content (AvgIpc) is 2.80. The van der Waals surface area contributed by atoms with Crippen LogP contribution in [0.1, 0.15) is 51.0 Å². The van der Waals surface area contributed by atoms with Crippen LogP contribution in [-0.4, -0.2) is 29.5 Å². The summed E-state index contributed by atoms with van der Waals surface area (Å²) in [5.41, 5.74) is 2.49. The fraction of sp³-hybridized carbons (Fsp3) is 0.812. The van der Waals surface area contributed by atoms with Gasteiger partial charge < -0.3 is 10.1 Å². The van der Waals surface area contributed by atoms with Crippen LogP contribution in [0, 0.1) is 11.8 Å². The Morgan fingerprint density at radius 1 is 1.50 bits per heavy atom. The normalized spacial score (nSPS) is 23.4. The fourth-order valence-corrected chi connectivity index (χ4v) is 3.02. The third kappa shape index (κ3) is 3.83. The molecule has 0 radical (unpaired) electrons. The summed E-state index contributed by atoms with van der Waals surface area (Å²) in [6.45, 7) is 9.66. The summed E-state index contributed by atoms with van der Waals surface area (Å²) in [4.78, 5) is 0. The molecular weight excluding hydrogens is 250 g/mol. The monoisotopic (exact) mass is 279 g/mol. The fourth-order valence-electron chi connectivity index (χ4n) is 3.02. The predicted octanol–water partition coefficient (Wildman–Crippen LogP) is 2.70. The van der Waals surface area contributed by atoms with Gasteiger partial charge >= 0.3 is 0 Å². The molecule has 0 bridgehead atoms. The smallest absolute Gasteiger partial charge is 0.0898 e. The highest BCUT2D eigenvalue weighted by atomic mass is 16.5. The lowest BCUT2D eigenvalue weighted by atomic mass is 9.89. The summed E-state index contributed by atoms with van der Waals surface area (Å²) >= 11 is 0. The van der Waals surface area contributed by atoms with E-state index in [-0.39, 0.29) is 6.10 Å². The van der Waals surface area contributed by atoms with Crippen molar-refractivity contribution in [3.8, 4) is 0 Å². The summed E-state index contributed by atoms with van der Waals surface area (Å²) in [6, 6.07) is 0. The molecule has 0 aromatic carbocycles. The number of ether oxygens (including phenoxy) is 1. The van der Waals surface area contributed by atoms with Gasteiger partial charge in [-0.05, 0) is 31.7 Å². The first-order valence-electron chi connectivity index (χ1n) is 7.96. The van der Waals surface area contributed by atoms with Gasteiger partial charge in [0.05, 0.1) is 11.8 Å².